The highest BCUT2D eigenvalue weighted by Crippen LogP contribution is 2.12. The zero-order valence-corrected chi connectivity index (χ0v) is 16.6. The van der Waals surface area contributed by atoms with Gasteiger partial charge in [0.05, 0.1) is 25.4 Å². The third-order valence-corrected chi connectivity index (χ3v) is 4.34. The van der Waals surface area contributed by atoms with Gasteiger partial charge in [0.1, 0.15) is 17.0 Å². The van der Waals surface area contributed by atoms with E-state index in [0.29, 0.717) is 16.5 Å². The van der Waals surface area contributed by atoms with Crippen molar-refractivity contribution in [2.75, 3.05) is 13.7 Å². The number of amides is 1. The number of nitrogens with one attached hydrogen (secondary N) is 1. The Bertz CT molecular complexity index is 1150. The molecule has 0 radical (unpaired) electrons. The fraction of sp³-hybridized carbons (Fsp3) is 0.263. The van der Waals surface area contributed by atoms with E-state index in [1.165, 1.54) is 23.9 Å². The number of carbonyl (C=O) groups is 1. The topological polar surface area (TPSA) is 108 Å². The number of aryl methyl sites for hydroxylation is 1. The van der Waals surface area contributed by atoms with Crippen molar-refractivity contribution in [1.29, 1.82) is 0 Å². The van der Waals surface area contributed by atoms with E-state index in [1.54, 1.807) is 31.2 Å². The van der Waals surface area contributed by atoms with Gasteiger partial charge in [-0.25, -0.2) is 9.36 Å². The van der Waals surface area contributed by atoms with Gasteiger partial charge in [-0.3, -0.25) is 14.2 Å². The molecule has 0 saturated heterocycles. The van der Waals surface area contributed by atoms with Crippen LogP contribution in [-0.2, 0) is 17.8 Å². The van der Waals surface area contributed by atoms with Crippen LogP contribution in [0.3, 0.4) is 0 Å². The number of carbonyl (C=O) groups excluding carboxylic acids is 1. The number of nitrogens with zero attached hydrogens (tertiary/aromatic N) is 3. The number of benzene rings is 1. The Morgan fingerprint density at radius 1 is 1.31 bits per heavy atom. The molecule has 0 unspecified atom stereocenters. The van der Waals surface area contributed by atoms with Gasteiger partial charge in [-0.15, -0.1) is 0 Å². The molecule has 0 fully saturated rings. The van der Waals surface area contributed by atoms with E-state index >= 15 is 0 Å². The number of methoxy groups -OCH3 is 1. The van der Waals surface area contributed by atoms with Crippen molar-refractivity contribution in [3.05, 3.63) is 79.4 Å². The Morgan fingerprint density at radius 3 is 2.76 bits per heavy atom. The first-order valence-corrected chi connectivity index (χ1v) is 9.10. The molecule has 29 heavy (non-hydrogen) atoms. The first kappa shape index (κ1) is 20.6. The van der Waals surface area contributed by atoms with Crippen molar-refractivity contribution in [3.8, 4) is 5.69 Å². The van der Waals surface area contributed by atoms with Gasteiger partial charge in [0, 0.05) is 24.4 Å². The molecule has 152 valence electrons. The molecule has 1 N–H and O–H groups in total. The zero-order chi connectivity index (χ0) is 21.0. The highest BCUT2D eigenvalue weighted by molar-refractivity contribution is 6.30. The molecular weight excluding hydrogens is 400 g/mol. The van der Waals surface area contributed by atoms with Crippen LogP contribution < -0.4 is 16.6 Å². The van der Waals surface area contributed by atoms with Gasteiger partial charge in [0.25, 0.3) is 11.5 Å². The lowest BCUT2D eigenvalue weighted by Crippen LogP contribution is -2.43. The van der Waals surface area contributed by atoms with Crippen LogP contribution in [0.25, 0.3) is 5.69 Å². The summed E-state index contributed by atoms with van der Waals surface area (Å²) in [4.78, 5) is 38.5. The van der Waals surface area contributed by atoms with E-state index in [-0.39, 0.29) is 30.9 Å². The molecule has 0 aliphatic heterocycles. The third-order valence-electron chi connectivity index (χ3n) is 4.11. The summed E-state index contributed by atoms with van der Waals surface area (Å²) < 4.78 is 12.1. The maximum Gasteiger partial charge on any atom is 0.335 e. The normalized spacial score (nSPS) is 10.9. The van der Waals surface area contributed by atoms with Gasteiger partial charge in [0.15, 0.2) is 0 Å². The van der Waals surface area contributed by atoms with E-state index in [2.05, 4.69) is 10.5 Å². The van der Waals surface area contributed by atoms with Crippen molar-refractivity contribution in [2.24, 2.45) is 0 Å². The van der Waals surface area contributed by atoms with Crippen LogP contribution in [0.1, 0.15) is 21.8 Å². The van der Waals surface area contributed by atoms with Crippen molar-refractivity contribution < 1.29 is 14.1 Å². The summed E-state index contributed by atoms with van der Waals surface area (Å²) in [6.45, 7) is 2.20. The van der Waals surface area contributed by atoms with Crippen molar-refractivity contribution >= 4 is 17.5 Å². The minimum atomic E-state index is -0.750. The van der Waals surface area contributed by atoms with Crippen LogP contribution in [0, 0.1) is 6.92 Å². The van der Waals surface area contributed by atoms with Crippen LogP contribution in [0.5, 0.6) is 0 Å². The predicted octanol–water partition coefficient (Wildman–Crippen LogP) is 1.53. The Kier molecular flexibility index (Phi) is 6.30. The van der Waals surface area contributed by atoms with Crippen molar-refractivity contribution in [2.45, 2.75) is 20.0 Å². The van der Waals surface area contributed by atoms with E-state index in [4.69, 9.17) is 20.9 Å². The van der Waals surface area contributed by atoms with Crippen LogP contribution >= 0.6 is 11.6 Å². The van der Waals surface area contributed by atoms with Gasteiger partial charge in [-0.2, -0.15) is 0 Å². The average molecular weight is 419 g/mol. The molecule has 0 atom stereocenters. The Hall–Kier alpha value is -3.17. The SMILES string of the molecule is COCCn1cc(C(=O)NCc2cc(C)on2)c(=O)n(-c2cccc(Cl)c2)c1=O. The number of hydrogen-bond acceptors (Lipinski definition) is 6. The smallest absolute Gasteiger partial charge is 0.335 e. The molecule has 1 amide bonds. The molecule has 0 saturated carbocycles. The highest BCUT2D eigenvalue weighted by atomic mass is 35.5. The summed E-state index contributed by atoms with van der Waals surface area (Å²) >= 11 is 6.01. The van der Waals surface area contributed by atoms with Crippen LogP contribution in [0.2, 0.25) is 5.02 Å². The molecule has 3 aromatic rings. The third kappa shape index (κ3) is 4.64. The second-order valence-electron chi connectivity index (χ2n) is 6.24. The van der Waals surface area contributed by atoms with Crippen LogP contribution in [-0.4, -0.2) is 33.9 Å². The van der Waals surface area contributed by atoms with E-state index in [1.807, 2.05) is 0 Å². The molecular formula is C19H19ClN4O5. The summed E-state index contributed by atoms with van der Waals surface area (Å²) in [5.74, 6) is -0.0386. The van der Waals surface area contributed by atoms with Crippen molar-refractivity contribution in [3.63, 3.8) is 0 Å². The number of halogens is 1. The molecule has 0 aliphatic rings. The second-order valence-corrected chi connectivity index (χ2v) is 6.68. The lowest BCUT2D eigenvalue weighted by molar-refractivity contribution is 0.0946. The van der Waals surface area contributed by atoms with Crippen LogP contribution in [0.15, 0.2) is 50.6 Å². The highest BCUT2D eigenvalue weighted by Gasteiger charge is 2.19. The minimum Gasteiger partial charge on any atom is -0.383 e. The van der Waals surface area contributed by atoms with Gasteiger partial charge in [-0.1, -0.05) is 22.8 Å². The summed E-state index contributed by atoms with van der Waals surface area (Å²) in [6, 6.07) is 7.95. The Morgan fingerprint density at radius 2 is 2.10 bits per heavy atom. The fourth-order valence-electron chi connectivity index (χ4n) is 2.72. The predicted molar refractivity (Wildman–Crippen MR) is 106 cm³/mol. The molecule has 0 aliphatic carbocycles. The largest absolute Gasteiger partial charge is 0.383 e. The Balaban J connectivity index is 2.03. The van der Waals surface area contributed by atoms with Gasteiger partial charge < -0.3 is 14.6 Å². The van der Waals surface area contributed by atoms with Crippen LogP contribution in [0.4, 0.5) is 0 Å². The molecule has 3 rings (SSSR count). The van der Waals surface area contributed by atoms with E-state index in [0.717, 1.165) is 4.57 Å². The van der Waals surface area contributed by atoms with Gasteiger partial charge in [0.2, 0.25) is 0 Å². The number of aromatic nitrogens is 3. The second kappa shape index (κ2) is 8.89. The zero-order valence-electron chi connectivity index (χ0n) is 15.8. The quantitative estimate of drug-likeness (QED) is 0.623. The van der Waals surface area contributed by atoms with Crippen molar-refractivity contribution in [1.82, 2.24) is 19.6 Å². The van der Waals surface area contributed by atoms with Gasteiger partial charge >= 0.3 is 5.69 Å². The fourth-order valence-corrected chi connectivity index (χ4v) is 2.90. The summed E-state index contributed by atoms with van der Waals surface area (Å²) in [6.07, 6.45) is 1.23. The molecule has 2 heterocycles. The molecule has 0 spiro atoms. The lowest BCUT2D eigenvalue weighted by atomic mass is 10.2. The lowest BCUT2D eigenvalue weighted by Gasteiger charge is -2.13. The average Bonchev–Trinajstić information content (AvgIpc) is 3.11. The monoisotopic (exact) mass is 418 g/mol. The molecule has 2 aromatic heterocycles. The van der Waals surface area contributed by atoms with E-state index in [9.17, 15) is 14.4 Å². The Labute approximate surface area is 170 Å². The molecule has 9 nitrogen and oxygen atoms in total. The first-order valence-electron chi connectivity index (χ1n) is 8.72. The van der Waals surface area contributed by atoms with Gasteiger partial charge in [-0.05, 0) is 25.1 Å². The molecule has 1 aromatic carbocycles. The summed E-state index contributed by atoms with van der Waals surface area (Å²) in [5.41, 5.74) is -0.766. The molecule has 10 heteroatoms. The number of hydrogen-bond donors (Lipinski definition) is 1. The standard InChI is InChI=1S/C19H19ClN4O5/c1-12-8-14(22-29-12)10-21-17(25)16-11-23(6-7-28-2)19(27)24(18(16)26)15-5-3-4-13(20)9-15/h3-5,8-9,11H,6-7,10H2,1-2H3,(H,21,25). The first-order chi connectivity index (χ1) is 13.9. The maximum absolute atomic E-state index is 13.0. The summed E-state index contributed by atoms with van der Waals surface area (Å²) in [7, 11) is 1.49. The number of ether oxygens (including phenoxy) is 1. The molecule has 0 bridgehead atoms. The minimum absolute atomic E-state index is 0.0734. The summed E-state index contributed by atoms with van der Waals surface area (Å²) in [5, 5.41) is 6.76. The van der Waals surface area contributed by atoms with E-state index < -0.39 is 17.2 Å². The maximum atomic E-state index is 13.0. The number of rotatable bonds is 7.